The molecular formula is C10H10N6S. The number of nitrogens with zero attached hydrogens (tertiary/aromatic N) is 6. The second-order valence-corrected chi connectivity index (χ2v) is 5.32. The molecule has 17 heavy (non-hydrogen) atoms. The predicted molar refractivity (Wildman–Crippen MR) is 62.8 cm³/mol. The van der Waals surface area contributed by atoms with E-state index in [1.54, 1.807) is 22.2 Å². The van der Waals surface area contributed by atoms with E-state index >= 15 is 0 Å². The predicted octanol–water partition coefficient (Wildman–Crippen LogP) is 1.46. The quantitative estimate of drug-likeness (QED) is 0.687. The van der Waals surface area contributed by atoms with Gasteiger partial charge in [-0.05, 0) is 12.8 Å². The van der Waals surface area contributed by atoms with Gasteiger partial charge in [-0.3, -0.25) is 4.68 Å². The summed E-state index contributed by atoms with van der Waals surface area (Å²) in [5.74, 6) is 1.43. The van der Waals surface area contributed by atoms with Gasteiger partial charge in [0, 0.05) is 19.2 Å². The molecule has 0 bridgehead atoms. The first kappa shape index (κ1) is 9.29. The fourth-order valence-corrected chi connectivity index (χ4v) is 2.85. The molecule has 0 atom stereocenters. The van der Waals surface area contributed by atoms with Crippen molar-refractivity contribution in [3.63, 3.8) is 0 Å². The van der Waals surface area contributed by atoms with Gasteiger partial charge < -0.3 is 0 Å². The zero-order valence-corrected chi connectivity index (χ0v) is 10.1. The van der Waals surface area contributed by atoms with Crippen LogP contribution in [0, 0.1) is 0 Å². The molecule has 1 aliphatic carbocycles. The third-order valence-electron chi connectivity index (χ3n) is 2.90. The van der Waals surface area contributed by atoms with Crippen LogP contribution in [0.3, 0.4) is 0 Å². The molecule has 0 N–H and O–H groups in total. The Hall–Kier alpha value is -1.76. The molecule has 0 radical (unpaired) electrons. The summed E-state index contributed by atoms with van der Waals surface area (Å²) in [4.78, 5) is 0.866. The molecule has 0 spiro atoms. The molecule has 86 valence electrons. The molecule has 0 unspecified atom stereocenters. The van der Waals surface area contributed by atoms with Gasteiger partial charge >= 0.3 is 0 Å². The van der Waals surface area contributed by atoms with E-state index in [9.17, 15) is 0 Å². The molecule has 3 aromatic heterocycles. The van der Waals surface area contributed by atoms with Crippen molar-refractivity contribution in [2.45, 2.75) is 18.8 Å². The lowest BCUT2D eigenvalue weighted by Crippen LogP contribution is -1.90. The van der Waals surface area contributed by atoms with Crippen LogP contribution >= 0.6 is 11.3 Å². The lowest BCUT2D eigenvalue weighted by molar-refractivity contribution is 0.767. The van der Waals surface area contributed by atoms with Crippen LogP contribution in [0.5, 0.6) is 0 Å². The fourth-order valence-electron chi connectivity index (χ4n) is 1.84. The molecule has 3 aromatic rings. The Morgan fingerprint density at radius 1 is 1.35 bits per heavy atom. The number of rotatable bonds is 2. The van der Waals surface area contributed by atoms with Crippen LogP contribution in [0.25, 0.3) is 16.3 Å². The highest BCUT2D eigenvalue weighted by Crippen LogP contribution is 2.42. The molecule has 3 heterocycles. The second kappa shape index (κ2) is 3.13. The minimum atomic E-state index is 0.656. The van der Waals surface area contributed by atoms with Gasteiger partial charge in [-0.2, -0.15) is 14.7 Å². The molecule has 0 aromatic carbocycles. The maximum Gasteiger partial charge on any atom is 0.234 e. The fraction of sp³-hybridized carbons (Fsp3) is 0.400. The Morgan fingerprint density at radius 2 is 2.24 bits per heavy atom. The standard InChI is InChI=1S/C10H10N6S/c1-15-5-7(4-11-15)8-12-13-10-16(8)14-9(17-10)6-2-3-6/h4-6H,2-3H2,1H3. The number of aryl methyl sites for hydroxylation is 1. The van der Waals surface area contributed by atoms with Gasteiger partial charge in [-0.25, -0.2) is 0 Å². The largest absolute Gasteiger partial charge is 0.275 e. The summed E-state index contributed by atoms with van der Waals surface area (Å²) in [6, 6.07) is 0. The van der Waals surface area contributed by atoms with Crippen molar-refractivity contribution in [2.75, 3.05) is 0 Å². The van der Waals surface area contributed by atoms with Gasteiger partial charge in [0.15, 0.2) is 5.82 Å². The van der Waals surface area contributed by atoms with Crippen LogP contribution in [0.2, 0.25) is 0 Å². The van der Waals surface area contributed by atoms with Crippen LogP contribution in [0.4, 0.5) is 0 Å². The number of hydrogen-bond donors (Lipinski definition) is 0. The van der Waals surface area contributed by atoms with E-state index in [1.807, 2.05) is 17.8 Å². The van der Waals surface area contributed by atoms with Crippen molar-refractivity contribution in [1.82, 2.24) is 29.6 Å². The van der Waals surface area contributed by atoms with E-state index in [4.69, 9.17) is 0 Å². The third-order valence-corrected chi connectivity index (χ3v) is 3.96. The summed E-state index contributed by atoms with van der Waals surface area (Å²) in [5, 5.41) is 18.3. The molecule has 1 saturated carbocycles. The summed E-state index contributed by atoms with van der Waals surface area (Å²) in [5.41, 5.74) is 0.952. The van der Waals surface area contributed by atoms with E-state index in [1.165, 1.54) is 17.8 Å². The van der Waals surface area contributed by atoms with Crippen molar-refractivity contribution in [2.24, 2.45) is 7.05 Å². The van der Waals surface area contributed by atoms with Gasteiger partial charge in [0.05, 0.1) is 11.8 Å². The highest BCUT2D eigenvalue weighted by atomic mass is 32.1. The van der Waals surface area contributed by atoms with Crippen molar-refractivity contribution in [1.29, 1.82) is 0 Å². The molecule has 4 rings (SSSR count). The van der Waals surface area contributed by atoms with E-state index < -0.39 is 0 Å². The Bertz CT molecular complexity index is 689. The average molecular weight is 246 g/mol. The Labute approximate surface area is 101 Å². The van der Waals surface area contributed by atoms with Crippen molar-refractivity contribution in [3.05, 3.63) is 17.4 Å². The van der Waals surface area contributed by atoms with Crippen molar-refractivity contribution in [3.8, 4) is 11.4 Å². The zero-order chi connectivity index (χ0) is 11.4. The van der Waals surface area contributed by atoms with Crippen LogP contribution < -0.4 is 0 Å². The zero-order valence-electron chi connectivity index (χ0n) is 9.24. The Morgan fingerprint density at radius 3 is 2.94 bits per heavy atom. The van der Waals surface area contributed by atoms with Crippen LogP contribution in [-0.4, -0.2) is 29.6 Å². The van der Waals surface area contributed by atoms with Crippen LogP contribution in [0.15, 0.2) is 12.4 Å². The first-order chi connectivity index (χ1) is 8.31. The molecule has 7 heteroatoms. The lowest BCUT2D eigenvalue weighted by Gasteiger charge is -1.90. The summed E-state index contributed by atoms with van der Waals surface area (Å²) in [6.07, 6.45) is 6.22. The molecule has 0 saturated heterocycles. The van der Waals surface area contributed by atoms with Gasteiger partial charge in [0.2, 0.25) is 4.96 Å². The minimum Gasteiger partial charge on any atom is -0.275 e. The molecule has 6 nitrogen and oxygen atoms in total. The normalized spacial score (nSPS) is 15.8. The Balaban J connectivity index is 1.89. The maximum absolute atomic E-state index is 4.59. The summed E-state index contributed by atoms with van der Waals surface area (Å²) in [7, 11) is 1.89. The lowest BCUT2D eigenvalue weighted by atomic mass is 10.3. The second-order valence-electron chi connectivity index (χ2n) is 4.34. The number of hydrogen-bond acceptors (Lipinski definition) is 5. The molecular weight excluding hydrogens is 236 g/mol. The first-order valence-electron chi connectivity index (χ1n) is 5.52. The third kappa shape index (κ3) is 1.39. The summed E-state index contributed by atoms with van der Waals surface area (Å²) in [6.45, 7) is 0. The highest BCUT2D eigenvalue weighted by molar-refractivity contribution is 7.16. The number of aromatic nitrogens is 6. The average Bonchev–Trinajstić information content (AvgIpc) is 2.76. The smallest absolute Gasteiger partial charge is 0.234 e. The van der Waals surface area contributed by atoms with Crippen LogP contribution in [0.1, 0.15) is 23.8 Å². The van der Waals surface area contributed by atoms with Gasteiger partial charge in [-0.15, -0.1) is 10.2 Å². The first-order valence-corrected chi connectivity index (χ1v) is 6.34. The highest BCUT2D eigenvalue weighted by Gasteiger charge is 2.28. The van der Waals surface area contributed by atoms with Crippen molar-refractivity contribution < 1.29 is 0 Å². The summed E-state index contributed by atoms with van der Waals surface area (Å²) >= 11 is 1.64. The molecule has 0 aliphatic heterocycles. The topological polar surface area (TPSA) is 60.9 Å². The molecule has 0 amide bonds. The SMILES string of the molecule is Cn1cc(-c2nnc3sc(C4CC4)nn23)cn1. The van der Waals surface area contributed by atoms with E-state index in [0.29, 0.717) is 5.92 Å². The van der Waals surface area contributed by atoms with E-state index in [0.717, 1.165) is 16.3 Å². The van der Waals surface area contributed by atoms with Crippen LogP contribution in [-0.2, 0) is 7.05 Å². The number of fused-ring (bicyclic) bond motifs is 1. The van der Waals surface area contributed by atoms with E-state index in [-0.39, 0.29) is 0 Å². The molecule has 1 fully saturated rings. The maximum atomic E-state index is 4.59. The minimum absolute atomic E-state index is 0.656. The summed E-state index contributed by atoms with van der Waals surface area (Å²) < 4.78 is 3.58. The Kier molecular flexibility index (Phi) is 1.71. The van der Waals surface area contributed by atoms with Gasteiger partial charge in [-0.1, -0.05) is 11.3 Å². The van der Waals surface area contributed by atoms with Crippen molar-refractivity contribution >= 4 is 16.3 Å². The monoisotopic (exact) mass is 246 g/mol. The van der Waals surface area contributed by atoms with E-state index in [2.05, 4.69) is 20.4 Å². The van der Waals surface area contributed by atoms with Gasteiger partial charge in [0.25, 0.3) is 0 Å². The van der Waals surface area contributed by atoms with Gasteiger partial charge in [0.1, 0.15) is 5.01 Å². The molecule has 1 aliphatic rings.